The molecule has 2 atom stereocenters. The summed E-state index contributed by atoms with van der Waals surface area (Å²) in [5.41, 5.74) is 0.0990. The highest BCUT2D eigenvalue weighted by Gasteiger charge is 2.42. The molecular formula is C25H35NO3. The quantitative estimate of drug-likeness (QED) is 0.578. The minimum atomic E-state index is -0.721. The van der Waals surface area contributed by atoms with Crippen LogP contribution in [0, 0.1) is 11.8 Å². The summed E-state index contributed by atoms with van der Waals surface area (Å²) in [6, 6.07) is 12.0. The number of carbonyl (C=O) groups is 1. The lowest BCUT2D eigenvalue weighted by Gasteiger charge is -2.38. The maximum Gasteiger partial charge on any atom is 0.256 e. The van der Waals surface area contributed by atoms with E-state index in [2.05, 4.69) is 33.0 Å². The van der Waals surface area contributed by atoms with Crippen LogP contribution in [-0.4, -0.2) is 24.7 Å². The Morgan fingerprint density at radius 2 is 1.97 bits per heavy atom. The third kappa shape index (κ3) is 5.11. The molecule has 1 fully saturated rings. The lowest BCUT2D eigenvalue weighted by molar-refractivity contribution is -0.148. The fourth-order valence-corrected chi connectivity index (χ4v) is 4.20. The second kappa shape index (κ2) is 9.62. The van der Waals surface area contributed by atoms with E-state index in [0.29, 0.717) is 25.0 Å². The predicted molar refractivity (Wildman–Crippen MR) is 120 cm³/mol. The molecule has 29 heavy (non-hydrogen) atoms. The molecule has 1 N–H and O–H groups in total. The van der Waals surface area contributed by atoms with Gasteiger partial charge in [0.1, 0.15) is 11.4 Å². The number of fused-ring (bicyclic) bond motifs is 1. The number of benzene rings is 2. The first kappa shape index (κ1) is 21.6. The monoisotopic (exact) mass is 397 g/mol. The number of amides is 1. The zero-order chi connectivity index (χ0) is 20.9. The van der Waals surface area contributed by atoms with Crippen molar-refractivity contribution in [3.05, 3.63) is 36.4 Å². The first-order chi connectivity index (χ1) is 13.9. The van der Waals surface area contributed by atoms with Gasteiger partial charge in [0.2, 0.25) is 0 Å². The van der Waals surface area contributed by atoms with Crippen molar-refractivity contribution in [3.8, 4) is 5.75 Å². The highest BCUT2D eigenvalue weighted by Crippen LogP contribution is 2.38. The fraction of sp³-hybridized carbons (Fsp3) is 0.560. The van der Waals surface area contributed by atoms with E-state index in [4.69, 9.17) is 9.47 Å². The molecule has 2 unspecified atom stereocenters. The minimum Gasteiger partial charge on any atom is -0.493 e. The maximum absolute atomic E-state index is 13.4. The van der Waals surface area contributed by atoms with E-state index in [0.717, 1.165) is 54.3 Å². The largest absolute Gasteiger partial charge is 0.493 e. The number of hydrogen-bond donors (Lipinski definition) is 1. The highest BCUT2D eigenvalue weighted by atomic mass is 16.5. The standard InChI is InChI=1S/C25H35NO3/c1-5-15-29-25(14-8-9-19(4)16-25)24(27)26-22-12-13-23(28-17-18(2)3)21-11-7-6-10-20(21)22/h6-7,10-13,18-19H,5,8-9,14-17H2,1-4H3,(H,26,27). The third-order valence-electron chi connectivity index (χ3n) is 5.66. The predicted octanol–water partition coefficient (Wildman–Crippen LogP) is 6.19. The van der Waals surface area contributed by atoms with Gasteiger partial charge in [0.25, 0.3) is 5.91 Å². The molecule has 0 radical (unpaired) electrons. The van der Waals surface area contributed by atoms with E-state index < -0.39 is 5.60 Å². The first-order valence-corrected chi connectivity index (χ1v) is 11.0. The van der Waals surface area contributed by atoms with Gasteiger partial charge >= 0.3 is 0 Å². The zero-order valence-corrected chi connectivity index (χ0v) is 18.3. The van der Waals surface area contributed by atoms with Gasteiger partial charge in [-0.2, -0.15) is 0 Å². The number of ether oxygens (including phenoxy) is 2. The summed E-state index contributed by atoms with van der Waals surface area (Å²) >= 11 is 0. The summed E-state index contributed by atoms with van der Waals surface area (Å²) in [4.78, 5) is 13.4. The summed E-state index contributed by atoms with van der Waals surface area (Å²) < 4.78 is 12.2. The Hall–Kier alpha value is -2.07. The van der Waals surface area contributed by atoms with Crippen molar-refractivity contribution in [1.29, 1.82) is 0 Å². The normalized spacial score (nSPS) is 22.0. The van der Waals surface area contributed by atoms with Crippen LogP contribution in [0.1, 0.15) is 59.8 Å². The van der Waals surface area contributed by atoms with Crippen LogP contribution in [-0.2, 0) is 9.53 Å². The molecule has 1 amide bonds. The van der Waals surface area contributed by atoms with E-state index in [1.165, 1.54) is 0 Å². The molecule has 0 heterocycles. The second-order valence-electron chi connectivity index (χ2n) is 8.86. The first-order valence-electron chi connectivity index (χ1n) is 11.0. The van der Waals surface area contributed by atoms with Gasteiger partial charge in [0.15, 0.2) is 0 Å². The maximum atomic E-state index is 13.4. The summed E-state index contributed by atoms with van der Waals surface area (Å²) in [5, 5.41) is 5.21. The topological polar surface area (TPSA) is 47.6 Å². The zero-order valence-electron chi connectivity index (χ0n) is 18.3. The SMILES string of the molecule is CCCOC1(C(=O)Nc2ccc(OCC(C)C)c3ccccc23)CCCC(C)C1. The van der Waals surface area contributed by atoms with Gasteiger partial charge in [-0.15, -0.1) is 0 Å². The van der Waals surface area contributed by atoms with Crippen LogP contribution in [0.3, 0.4) is 0 Å². The summed E-state index contributed by atoms with van der Waals surface area (Å²) in [6.45, 7) is 9.85. The van der Waals surface area contributed by atoms with Crippen LogP contribution in [0.15, 0.2) is 36.4 Å². The van der Waals surface area contributed by atoms with Crippen molar-refractivity contribution >= 4 is 22.4 Å². The molecule has 3 rings (SSSR count). The Morgan fingerprint density at radius 3 is 2.66 bits per heavy atom. The van der Waals surface area contributed by atoms with E-state index >= 15 is 0 Å². The number of anilines is 1. The smallest absolute Gasteiger partial charge is 0.256 e. The van der Waals surface area contributed by atoms with E-state index in [-0.39, 0.29) is 5.91 Å². The Labute approximate surface area is 175 Å². The lowest BCUT2D eigenvalue weighted by atomic mass is 9.78. The van der Waals surface area contributed by atoms with Crippen LogP contribution in [0.4, 0.5) is 5.69 Å². The molecular weight excluding hydrogens is 362 g/mol. The van der Waals surface area contributed by atoms with Gasteiger partial charge in [-0.05, 0) is 49.7 Å². The summed E-state index contributed by atoms with van der Waals surface area (Å²) in [7, 11) is 0. The Kier molecular flexibility index (Phi) is 7.18. The van der Waals surface area contributed by atoms with Gasteiger partial charge in [-0.3, -0.25) is 4.79 Å². The average molecular weight is 398 g/mol. The van der Waals surface area contributed by atoms with E-state index in [1.54, 1.807) is 0 Å². The Balaban J connectivity index is 1.88. The van der Waals surface area contributed by atoms with Crippen LogP contribution < -0.4 is 10.1 Å². The molecule has 1 saturated carbocycles. The van der Waals surface area contributed by atoms with Crippen molar-refractivity contribution in [3.63, 3.8) is 0 Å². The highest BCUT2D eigenvalue weighted by molar-refractivity contribution is 6.06. The lowest BCUT2D eigenvalue weighted by Crippen LogP contribution is -2.48. The van der Waals surface area contributed by atoms with Gasteiger partial charge in [-0.25, -0.2) is 0 Å². The van der Waals surface area contributed by atoms with Crippen LogP contribution in [0.2, 0.25) is 0 Å². The van der Waals surface area contributed by atoms with Crippen molar-refractivity contribution in [2.24, 2.45) is 11.8 Å². The van der Waals surface area contributed by atoms with Crippen molar-refractivity contribution < 1.29 is 14.3 Å². The molecule has 0 saturated heterocycles. The summed E-state index contributed by atoms with van der Waals surface area (Å²) in [5.74, 6) is 1.79. The molecule has 0 bridgehead atoms. The average Bonchev–Trinajstić information content (AvgIpc) is 2.71. The van der Waals surface area contributed by atoms with Gasteiger partial charge < -0.3 is 14.8 Å². The number of nitrogens with one attached hydrogen (secondary N) is 1. The van der Waals surface area contributed by atoms with Crippen molar-refractivity contribution in [1.82, 2.24) is 0 Å². The molecule has 0 aromatic heterocycles. The van der Waals surface area contributed by atoms with Crippen molar-refractivity contribution in [2.75, 3.05) is 18.5 Å². The third-order valence-corrected chi connectivity index (χ3v) is 5.66. The Bertz CT molecular complexity index is 832. The van der Waals surface area contributed by atoms with Crippen LogP contribution in [0.25, 0.3) is 10.8 Å². The van der Waals surface area contributed by atoms with Crippen LogP contribution in [0.5, 0.6) is 5.75 Å². The number of rotatable bonds is 8. The summed E-state index contributed by atoms with van der Waals surface area (Å²) in [6.07, 6.45) is 4.67. The number of carbonyl (C=O) groups excluding carboxylic acids is 1. The second-order valence-corrected chi connectivity index (χ2v) is 8.86. The van der Waals surface area contributed by atoms with Gasteiger partial charge in [-0.1, -0.05) is 58.4 Å². The molecule has 1 aliphatic carbocycles. The minimum absolute atomic E-state index is 0.0153. The molecule has 4 heteroatoms. The van der Waals surface area contributed by atoms with Crippen molar-refractivity contribution in [2.45, 2.75) is 65.4 Å². The molecule has 4 nitrogen and oxygen atoms in total. The molecule has 2 aromatic carbocycles. The van der Waals surface area contributed by atoms with Gasteiger partial charge in [0, 0.05) is 23.1 Å². The fourth-order valence-electron chi connectivity index (χ4n) is 4.20. The number of hydrogen-bond acceptors (Lipinski definition) is 3. The molecule has 0 aliphatic heterocycles. The van der Waals surface area contributed by atoms with E-state index in [9.17, 15) is 4.79 Å². The molecule has 0 spiro atoms. The molecule has 1 aliphatic rings. The Morgan fingerprint density at radius 1 is 1.21 bits per heavy atom. The van der Waals surface area contributed by atoms with Gasteiger partial charge in [0.05, 0.1) is 6.61 Å². The molecule has 158 valence electrons. The molecule has 2 aromatic rings. The van der Waals surface area contributed by atoms with Crippen LogP contribution >= 0.6 is 0 Å². The van der Waals surface area contributed by atoms with E-state index in [1.807, 2.05) is 36.4 Å².